The maximum absolute atomic E-state index is 12.8. The van der Waals surface area contributed by atoms with Gasteiger partial charge in [0.1, 0.15) is 16.4 Å². The molecule has 0 bridgehead atoms. The lowest BCUT2D eigenvalue weighted by Gasteiger charge is -2.07. The molecule has 3 aromatic heterocycles. The summed E-state index contributed by atoms with van der Waals surface area (Å²) < 4.78 is 8.86. The van der Waals surface area contributed by atoms with E-state index in [9.17, 15) is 4.79 Å². The Morgan fingerprint density at radius 3 is 2.90 bits per heavy atom. The number of benzene rings is 1. The van der Waals surface area contributed by atoms with E-state index in [1.165, 1.54) is 0 Å². The average Bonchev–Trinajstić information content (AvgIpc) is 3.42. The molecule has 0 atom stereocenters. The minimum Gasteiger partial charge on any atom is -0.451 e. The van der Waals surface area contributed by atoms with Crippen molar-refractivity contribution in [2.45, 2.75) is 36.9 Å². The van der Waals surface area contributed by atoms with Gasteiger partial charge in [-0.15, -0.1) is 10.2 Å². The quantitative estimate of drug-likeness (QED) is 0.335. The summed E-state index contributed by atoms with van der Waals surface area (Å²) in [7, 11) is 0. The van der Waals surface area contributed by atoms with Gasteiger partial charge < -0.3 is 14.3 Å². The zero-order valence-corrected chi connectivity index (χ0v) is 17.8. The highest BCUT2D eigenvalue weighted by molar-refractivity contribution is 8.00. The number of aromatic nitrogens is 4. The van der Waals surface area contributed by atoms with Crippen LogP contribution in [0.1, 0.15) is 33.4 Å². The second kappa shape index (κ2) is 8.79. The fourth-order valence-electron chi connectivity index (χ4n) is 3.07. The highest BCUT2D eigenvalue weighted by Gasteiger charge is 2.20. The molecule has 0 fully saturated rings. The SMILES string of the molecule is Cc1nnc(SCc2c(C(=O)NCCCn3ccnc3C)oc3ccccc23)s1. The molecule has 1 aromatic carbocycles. The Bertz CT molecular complexity index is 1130. The van der Waals surface area contributed by atoms with Gasteiger partial charge in [-0.25, -0.2) is 4.98 Å². The zero-order chi connectivity index (χ0) is 20.2. The summed E-state index contributed by atoms with van der Waals surface area (Å²) in [6.45, 7) is 5.27. The van der Waals surface area contributed by atoms with E-state index < -0.39 is 0 Å². The molecule has 1 amide bonds. The van der Waals surface area contributed by atoms with Crippen LogP contribution in [0.5, 0.6) is 0 Å². The summed E-state index contributed by atoms with van der Waals surface area (Å²) in [5.41, 5.74) is 1.61. The number of amides is 1. The summed E-state index contributed by atoms with van der Waals surface area (Å²) in [4.78, 5) is 17.0. The third kappa shape index (κ3) is 4.51. The summed E-state index contributed by atoms with van der Waals surface area (Å²) >= 11 is 3.12. The van der Waals surface area contributed by atoms with Crippen molar-refractivity contribution >= 4 is 40.0 Å². The maximum atomic E-state index is 12.8. The van der Waals surface area contributed by atoms with E-state index in [0.29, 0.717) is 18.1 Å². The standard InChI is InChI=1S/C20H21N5O2S2/c1-13-21-9-11-25(13)10-5-8-22-19(26)18-16(12-28-20-24-23-14(2)29-20)15-6-3-4-7-17(15)27-18/h3-4,6-7,9,11H,5,8,10,12H2,1-2H3,(H,22,26). The lowest BCUT2D eigenvalue weighted by Crippen LogP contribution is -2.25. The molecule has 29 heavy (non-hydrogen) atoms. The van der Waals surface area contributed by atoms with Crippen LogP contribution < -0.4 is 5.32 Å². The molecule has 9 heteroatoms. The van der Waals surface area contributed by atoms with Crippen LogP contribution >= 0.6 is 23.1 Å². The molecule has 3 heterocycles. The molecule has 150 valence electrons. The van der Waals surface area contributed by atoms with Gasteiger partial charge in [-0.1, -0.05) is 41.3 Å². The highest BCUT2D eigenvalue weighted by Crippen LogP contribution is 2.33. The Morgan fingerprint density at radius 2 is 2.14 bits per heavy atom. The molecule has 7 nitrogen and oxygen atoms in total. The van der Waals surface area contributed by atoms with Crippen LogP contribution in [-0.4, -0.2) is 32.2 Å². The number of fused-ring (bicyclic) bond motifs is 1. The van der Waals surface area contributed by atoms with Crippen LogP contribution in [0.15, 0.2) is 45.4 Å². The number of rotatable bonds is 8. The average molecular weight is 428 g/mol. The van der Waals surface area contributed by atoms with Gasteiger partial charge in [0.25, 0.3) is 5.91 Å². The molecule has 0 saturated carbocycles. The molecule has 0 aliphatic rings. The molecule has 0 spiro atoms. The van der Waals surface area contributed by atoms with Gasteiger partial charge in [-0.05, 0) is 26.3 Å². The number of nitrogens with zero attached hydrogens (tertiary/aromatic N) is 4. The molecule has 4 rings (SSSR count). The molecule has 0 aliphatic carbocycles. The molecular weight excluding hydrogens is 406 g/mol. The first-order chi connectivity index (χ1) is 14.1. The number of thioether (sulfide) groups is 1. The lowest BCUT2D eigenvalue weighted by atomic mass is 10.1. The van der Waals surface area contributed by atoms with Gasteiger partial charge in [0.2, 0.25) is 0 Å². The Labute approximate surface area is 176 Å². The molecule has 4 aromatic rings. The van der Waals surface area contributed by atoms with E-state index in [4.69, 9.17) is 4.42 Å². The van der Waals surface area contributed by atoms with Gasteiger partial charge in [-0.3, -0.25) is 4.79 Å². The molecular formula is C20H21N5O2S2. The molecule has 0 unspecified atom stereocenters. The molecule has 0 radical (unpaired) electrons. The number of hydrogen-bond donors (Lipinski definition) is 1. The first-order valence-corrected chi connectivity index (χ1v) is 11.1. The first-order valence-electron chi connectivity index (χ1n) is 9.31. The van der Waals surface area contributed by atoms with E-state index in [-0.39, 0.29) is 5.91 Å². The number of aryl methyl sites for hydroxylation is 3. The Kier molecular flexibility index (Phi) is 5.96. The maximum Gasteiger partial charge on any atom is 0.287 e. The highest BCUT2D eigenvalue weighted by atomic mass is 32.2. The summed E-state index contributed by atoms with van der Waals surface area (Å²) in [5.74, 6) is 1.76. The number of hydrogen-bond acceptors (Lipinski definition) is 7. The summed E-state index contributed by atoms with van der Waals surface area (Å²) in [6, 6.07) is 7.73. The number of nitrogens with one attached hydrogen (secondary N) is 1. The molecule has 1 N–H and O–H groups in total. The van der Waals surface area contributed by atoms with E-state index in [2.05, 4.69) is 25.1 Å². The van der Waals surface area contributed by atoms with Crippen LogP contribution in [0.3, 0.4) is 0 Å². The number of imidazole rings is 1. The molecule has 0 aliphatic heterocycles. The van der Waals surface area contributed by atoms with Crippen LogP contribution in [0, 0.1) is 13.8 Å². The predicted octanol–water partition coefficient (Wildman–Crippen LogP) is 4.21. The van der Waals surface area contributed by atoms with Crippen molar-refractivity contribution in [3.8, 4) is 0 Å². The number of carbonyl (C=O) groups excluding carboxylic acids is 1. The van der Waals surface area contributed by atoms with Crippen LogP contribution in [0.25, 0.3) is 11.0 Å². The second-order valence-corrected chi connectivity index (χ2v) is 8.96. The number of carbonyl (C=O) groups is 1. The minimum atomic E-state index is -0.187. The molecule has 0 saturated heterocycles. The van der Waals surface area contributed by atoms with Gasteiger partial charge in [0, 0.05) is 42.2 Å². The topological polar surface area (TPSA) is 85.8 Å². The Morgan fingerprint density at radius 1 is 1.28 bits per heavy atom. The van der Waals surface area contributed by atoms with E-state index in [1.807, 2.05) is 44.3 Å². The minimum absolute atomic E-state index is 0.187. The second-order valence-electron chi connectivity index (χ2n) is 6.56. The predicted molar refractivity (Wildman–Crippen MR) is 114 cm³/mol. The van der Waals surface area contributed by atoms with Crippen molar-refractivity contribution < 1.29 is 9.21 Å². The third-order valence-corrected chi connectivity index (χ3v) is 6.54. The zero-order valence-electron chi connectivity index (χ0n) is 16.2. The van der Waals surface area contributed by atoms with Crippen LogP contribution in [0.4, 0.5) is 0 Å². The van der Waals surface area contributed by atoms with Crippen molar-refractivity contribution in [1.82, 2.24) is 25.1 Å². The van der Waals surface area contributed by atoms with Gasteiger partial charge in [-0.2, -0.15) is 0 Å². The van der Waals surface area contributed by atoms with E-state index in [1.54, 1.807) is 29.3 Å². The summed E-state index contributed by atoms with van der Waals surface area (Å²) in [6.07, 6.45) is 4.55. The number of para-hydroxylation sites is 1. The van der Waals surface area contributed by atoms with Crippen molar-refractivity contribution in [3.05, 3.63) is 58.8 Å². The third-order valence-electron chi connectivity index (χ3n) is 4.54. The van der Waals surface area contributed by atoms with E-state index >= 15 is 0 Å². The normalized spacial score (nSPS) is 11.2. The van der Waals surface area contributed by atoms with Crippen molar-refractivity contribution in [1.29, 1.82) is 0 Å². The summed E-state index contributed by atoms with van der Waals surface area (Å²) in [5, 5.41) is 13.1. The Hall–Kier alpha value is -2.65. The Balaban J connectivity index is 1.45. The fourth-order valence-corrected chi connectivity index (χ4v) is 4.91. The van der Waals surface area contributed by atoms with Crippen LogP contribution in [-0.2, 0) is 12.3 Å². The largest absolute Gasteiger partial charge is 0.451 e. The monoisotopic (exact) mass is 427 g/mol. The van der Waals surface area contributed by atoms with Crippen LogP contribution in [0.2, 0.25) is 0 Å². The van der Waals surface area contributed by atoms with Crippen molar-refractivity contribution in [3.63, 3.8) is 0 Å². The smallest absolute Gasteiger partial charge is 0.287 e. The van der Waals surface area contributed by atoms with Crippen molar-refractivity contribution in [2.75, 3.05) is 6.54 Å². The first kappa shape index (κ1) is 19.7. The van der Waals surface area contributed by atoms with E-state index in [0.717, 1.165) is 44.7 Å². The van der Waals surface area contributed by atoms with Gasteiger partial charge in [0.15, 0.2) is 10.1 Å². The van der Waals surface area contributed by atoms with Gasteiger partial charge >= 0.3 is 0 Å². The van der Waals surface area contributed by atoms with Gasteiger partial charge in [0.05, 0.1) is 0 Å². The number of furan rings is 1. The van der Waals surface area contributed by atoms with Crippen molar-refractivity contribution in [2.24, 2.45) is 0 Å². The fraction of sp³-hybridized carbons (Fsp3) is 0.300. The lowest BCUT2D eigenvalue weighted by molar-refractivity contribution is 0.0926.